The van der Waals surface area contributed by atoms with Gasteiger partial charge in [-0.2, -0.15) is 0 Å². The summed E-state index contributed by atoms with van der Waals surface area (Å²) in [6.07, 6.45) is 1.68. The number of nitrogens with one attached hydrogen (secondary N) is 1. The van der Waals surface area contributed by atoms with Crippen molar-refractivity contribution in [2.75, 3.05) is 5.32 Å². The van der Waals surface area contributed by atoms with Gasteiger partial charge in [-0.05, 0) is 37.5 Å². The van der Waals surface area contributed by atoms with Crippen LogP contribution in [0.2, 0.25) is 0 Å². The quantitative estimate of drug-likeness (QED) is 0.902. The molecule has 0 aromatic heterocycles. The topological polar surface area (TPSA) is 66.4 Å². The zero-order chi connectivity index (χ0) is 13.1. The van der Waals surface area contributed by atoms with Crippen molar-refractivity contribution in [3.8, 4) is 0 Å². The molecule has 0 unspecified atom stereocenters. The van der Waals surface area contributed by atoms with Crippen LogP contribution < -0.4 is 5.32 Å². The Kier molecular flexibility index (Phi) is 4.01. The van der Waals surface area contributed by atoms with Crippen molar-refractivity contribution in [3.05, 3.63) is 28.7 Å². The fourth-order valence-electron chi connectivity index (χ4n) is 2.25. The second kappa shape index (κ2) is 5.52. The molecular formula is C13H14BrNO3. The monoisotopic (exact) mass is 311 g/mol. The normalized spacial score (nSPS) is 22.7. The third-order valence-corrected chi connectivity index (χ3v) is 3.74. The minimum absolute atomic E-state index is 0.0862. The van der Waals surface area contributed by atoms with Crippen molar-refractivity contribution in [3.63, 3.8) is 0 Å². The van der Waals surface area contributed by atoms with Crippen molar-refractivity contribution in [2.45, 2.75) is 19.3 Å². The van der Waals surface area contributed by atoms with Crippen LogP contribution in [-0.4, -0.2) is 17.0 Å². The number of anilines is 1. The van der Waals surface area contributed by atoms with Crippen LogP contribution >= 0.6 is 15.9 Å². The highest BCUT2D eigenvalue weighted by atomic mass is 79.9. The van der Waals surface area contributed by atoms with Gasteiger partial charge in [0.25, 0.3) is 0 Å². The third kappa shape index (κ3) is 3.10. The van der Waals surface area contributed by atoms with Crippen molar-refractivity contribution in [1.82, 2.24) is 0 Å². The van der Waals surface area contributed by atoms with Gasteiger partial charge in [0.05, 0.1) is 5.92 Å². The molecule has 0 heterocycles. The molecule has 1 aromatic carbocycles. The number of rotatable bonds is 3. The average molecular weight is 312 g/mol. The lowest BCUT2D eigenvalue weighted by Gasteiger charge is -2.10. The van der Waals surface area contributed by atoms with Crippen molar-refractivity contribution in [1.29, 1.82) is 0 Å². The van der Waals surface area contributed by atoms with Gasteiger partial charge in [-0.15, -0.1) is 0 Å². The molecule has 96 valence electrons. The second-order valence-electron chi connectivity index (χ2n) is 4.54. The lowest BCUT2D eigenvalue weighted by Crippen LogP contribution is -2.21. The Hall–Kier alpha value is -1.36. The van der Waals surface area contributed by atoms with Crippen LogP contribution in [0.15, 0.2) is 28.7 Å². The molecule has 0 bridgehead atoms. The summed E-state index contributed by atoms with van der Waals surface area (Å²) in [7, 11) is 0. The largest absolute Gasteiger partial charge is 0.481 e. The predicted molar refractivity (Wildman–Crippen MR) is 71.2 cm³/mol. The summed E-state index contributed by atoms with van der Waals surface area (Å²) >= 11 is 3.34. The van der Waals surface area contributed by atoms with E-state index in [9.17, 15) is 9.59 Å². The van der Waals surface area contributed by atoms with Crippen LogP contribution in [0.5, 0.6) is 0 Å². The van der Waals surface area contributed by atoms with Gasteiger partial charge in [-0.1, -0.05) is 22.0 Å². The Morgan fingerprint density at radius 1 is 1.28 bits per heavy atom. The molecule has 1 amide bonds. The van der Waals surface area contributed by atoms with Gasteiger partial charge in [0.2, 0.25) is 5.91 Å². The van der Waals surface area contributed by atoms with E-state index in [4.69, 9.17) is 5.11 Å². The van der Waals surface area contributed by atoms with E-state index < -0.39 is 5.97 Å². The number of aliphatic carboxylic acids is 1. The molecule has 0 spiro atoms. The van der Waals surface area contributed by atoms with E-state index in [1.165, 1.54) is 0 Å². The van der Waals surface area contributed by atoms with Gasteiger partial charge < -0.3 is 10.4 Å². The molecule has 4 nitrogen and oxygen atoms in total. The molecule has 1 aliphatic carbocycles. The Bertz CT molecular complexity index is 475. The minimum Gasteiger partial charge on any atom is -0.481 e. The summed E-state index contributed by atoms with van der Waals surface area (Å²) in [5, 5.41) is 11.7. The molecule has 2 atom stereocenters. The Morgan fingerprint density at radius 2 is 2.00 bits per heavy atom. The number of carbonyl (C=O) groups excluding carboxylic acids is 1. The molecule has 1 aromatic rings. The van der Waals surface area contributed by atoms with Gasteiger partial charge in [0.15, 0.2) is 0 Å². The fraction of sp³-hybridized carbons (Fsp3) is 0.385. The number of carboxylic acids is 1. The van der Waals surface area contributed by atoms with Gasteiger partial charge >= 0.3 is 5.97 Å². The molecule has 2 N–H and O–H groups in total. The van der Waals surface area contributed by atoms with Crippen LogP contribution in [0.4, 0.5) is 5.69 Å². The summed E-state index contributed by atoms with van der Waals surface area (Å²) in [4.78, 5) is 22.8. The van der Waals surface area contributed by atoms with Gasteiger partial charge in [0.1, 0.15) is 0 Å². The lowest BCUT2D eigenvalue weighted by atomic mass is 10.0. The first-order chi connectivity index (χ1) is 8.56. The van der Waals surface area contributed by atoms with Crippen molar-refractivity contribution >= 4 is 33.5 Å². The number of carbonyl (C=O) groups is 2. The zero-order valence-corrected chi connectivity index (χ0v) is 11.3. The van der Waals surface area contributed by atoms with E-state index in [1.54, 1.807) is 0 Å². The van der Waals surface area contributed by atoms with Crippen LogP contribution in [0.25, 0.3) is 0 Å². The molecule has 18 heavy (non-hydrogen) atoms. The maximum Gasteiger partial charge on any atom is 0.306 e. The summed E-state index contributed by atoms with van der Waals surface area (Å²) in [6.45, 7) is 0. The number of hydrogen-bond acceptors (Lipinski definition) is 2. The fourth-order valence-corrected chi connectivity index (χ4v) is 2.65. The summed E-state index contributed by atoms with van der Waals surface area (Å²) in [5.41, 5.74) is 0.730. The first kappa shape index (κ1) is 13.1. The molecule has 5 heteroatoms. The van der Waals surface area contributed by atoms with E-state index in [2.05, 4.69) is 21.2 Å². The lowest BCUT2D eigenvalue weighted by molar-refractivity contribution is -0.141. The Labute approximate surface area is 114 Å². The van der Waals surface area contributed by atoms with Gasteiger partial charge in [-0.3, -0.25) is 9.59 Å². The van der Waals surface area contributed by atoms with Crippen LogP contribution in [0.1, 0.15) is 19.3 Å². The molecule has 0 saturated heterocycles. The number of carboxylic acid groups (broad SMARTS) is 1. The molecule has 2 rings (SSSR count). The smallest absolute Gasteiger partial charge is 0.306 e. The highest BCUT2D eigenvalue weighted by molar-refractivity contribution is 9.10. The molecule has 0 aliphatic heterocycles. The zero-order valence-electron chi connectivity index (χ0n) is 9.73. The van der Waals surface area contributed by atoms with Gasteiger partial charge in [0, 0.05) is 16.1 Å². The first-order valence-electron chi connectivity index (χ1n) is 5.85. The highest BCUT2D eigenvalue weighted by Crippen LogP contribution is 2.32. The number of benzene rings is 1. The molecule has 1 saturated carbocycles. The van der Waals surface area contributed by atoms with Crippen LogP contribution in [0.3, 0.4) is 0 Å². The van der Waals surface area contributed by atoms with E-state index >= 15 is 0 Å². The van der Waals surface area contributed by atoms with Crippen molar-refractivity contribution in [2.24, 2.45) is 11.8 Å². The average Bonchev–Trinajstić information content (AvgIpc) is 2.78. The third-order valence-electron chi connectivity index (χ3n) is 3.24. The van der Waals surface area contributed by atoms with Crippen LogP contribution in [-0.2, 0) is 9.59 Å². The summed E-state index contributed by atoms with van der Waals surface area (Å²) in [6, 6.07) is 7.36. The standard InChI is InChI=1S/C13H14BrNO3/c14-10-2-1-3-11(7-10)15-12(16)8-4-5-9(6-8)13(17)18/h1-3,7-9H,4-6H2,(H,15,16)(H,17,18)/t8-,9+/m1/s1. The molecular weight excluding hydrogens is 298 g/mol. The van der Waals surface area contributed by atoms with Crippen molar-refractivity contribution < 1.29 is 14.7 Å². The summed E-state index contributed by atoms with van der Waals surface area (Å²) in [5.74, 6) is -1.45. The SMILES string of the molecule is O=C(O)[C@H]1CC[C@@H](C(=O)Nc2cccc(Br)c2)C1. The summed E-state index contributed by atoms with van der Waals surface area (Å²) < 4.78 is 0.898. The Balaban J connectivity index is 1.95. The van der Waals surface area contributed by atoms with E-state index in [1.807, 2.05) is 24.3 Å². The van der Waals surface area contributed by atoms with Crippen LogP contribution in [0, 0.1) is 11.8 Å². The minimum atomic E-state index is -0.798. The predicted octanol–water partition coefficient (Wildman–Crippen LogP) is 2.89. The second-order valence-corrected chi connectivity index (χ2v) is 5.46. The van der Waals surface area contributed by atoms with Gasteiger partial charge in [-0.25, -0.2) is 0 Å². The molecule has 0 radical (unpaired) electrons. The van der Waals surface area contributed by atoms with E-state index in [0.717, 1.165) is 10.2 Å². The number of amides is 1. The van der Waals surface area contributed by atoms with E-state index in [-0.39, 0.29) is 17.7 Å². The molecule has 1 fully saturated rings. The highest BCUT2D eigenvalue weighted by Gasteiger charge is 2.33. The maximum atomic E-state index is 12.0. The number of hydrogen-bond donors (Lipinski definition) is 2. The molecule has 1 aliphatic rings. The van der Waals surface area contributed by atoms with E-state index in [0.29, 0.717) is 19.3 Å². The first-order valence-corrected chi connectivity index (χ1v) is 6.65. The Morgan fingerprint density at radius 3 is 2.61 bits per heavy atom. The number of halogens is 1. The maximum absolute atomic E-state index is 12.0.